The third-order valence-corrected chi connectivity index (χ3v) is 3.05. The quantitative estimate of drug-likeness (QED) is 0.656. The fourth-order valence-electron chi connectivity index (χ4n) is 1.91. The number of ether oxygens (including phenoxy) is 1. The van der Waals surface area contributed by atoms with Gasteiger partial charge in [-0.15, -0.1) is 0 Å². The predicted octanol–water partition coefficient (Wildman–Crippen LogP) is 1.36. The highest BCUT2D eigenvalue weighted by atomic mass is 16.5. The highest BCUT2D eigenvalue weighted by molar-refractivity contribution is 5.89. The molecule has 0 atom stereocenters. The summed E-state index contributed by atoms with van der Waals surface area (Å²) in [6, 6.07) is 6.82. The second-order valence-electron chi connectivity index (χ2n) is 4.49. The number of hydrogen-bond donors (Lipinski definition) is 0. The smallest absolute Gasteiger partial charge is 0.337 e. The number of nitrogens with zero attached hydrogens (tertiary/aromatic N) is 5. The highest BCUT2D eigenvalue weighted by Gasteiger charge is 2.10. The fraction of sp³-hybridized carbons (Fsp3) is 0.214. The Balaban J connectivity index is 1.69. The van der Waals surface area contributed by atoms with Gasteiger partial charge in [0.25, 0.3) is 0 Å². The zero-order valence-electron chi connectivity index (χ0n) is 11.8. The number of carbonyl (C=O) groups is 1. The van der Waals surface area contributed by atoms with Gasteiger partial charge >= 0.3 is 5.97 Å². The lowest BCUT2D eigenvalue weighted by Crippen LogP contribution is -2.01. The van der Waals surface area contributed by atoms with Gasteiger partial charge in [0.15, 0.2) is 0 Å². The number of hydrogen-bond acceptors (Lipinski definition) is 7. The molecule has 0 saturated carbocycles. The van der Waals surface area contributed by atoms with Crippen LogP contribution in [0, 0.1) is 0 Å². The van der Waals surface area contributed by atoms with Crippen LogP contribution < -0.4 is 0 Å². The monoisotopic (exact) mass is 299 g/mol. The van der Waals surface area contributed by atoms with Crippen LogP contribution in [0.3, 0.4) is 0 Å². The van der Waals surface area contributed by atoms with Gasteiger partial charge < -0.3 is 9.26 Å². The Morgan fingerprint density at radius 2 is 2.14 bits per heavy atom. The van der Waals surface area contributed by atoms with Gasteiger partial charge in [-0.05, 0) is 12.1 Å². The molecule has 3 rings (SSSR count). The summed E-state index contributed by atoms with van der Waals surface area (Å²) in [5.41, 5.74) is 1.24. The van der Waals surface area contributed by atoms with E-state index in [1.54, 1.807) is 35.3 Å². The molecule has 8 nitrogen and oxygen atoms in total. The molecule has 0 spiro atoms. The third kappa shape index (κ3) is 3.00. The van der Waals surface area contributed by atoms with Crippen molar-refractivity contribution in [3.05, 3.63) is 48.4 Å². The number of methoxy groups -OCH3 is 1. The molecule has 0 aliphatic rings. The van der Waals surface area contributed by atoms with Crippen LogP contribution in [-0.2, 0) is 17.7 Å². The van der Waals surface area contributed by atoms with Gasteiger partial charge in [0.2, 0.25) is 11.7 Å². The molecule has 0 amide bonds. The van der Waals surface area contributed by atoms with Crippen LogP contribution in [0.25, 0.3) is 11.4 Å². The highest BCUT2D eigenvalue weighted by Crippen LogP contribution is 2.17. The zero-order valence-corrected chi connectivity index (χ0v) is 11.8. The lowest BCUT2D eigenvalue weighted by molar-refractivity contribution is 0.0601. The van der Waals surface area contributed by atoms with Crippen molar-refractivity contribution in [3.63, 3.8) is 0 Å². The minimum Gasteiger partial charge on any atom is -0.465 e. The van der Waals surface area contributed by atoms with Crippen molar-refractivity contribution in [2.45, 2.75) is 13.0 Å². The predicted molar refractivity (Wildman–Crippen MR) is 74.8 cm³/mol. The Bertz CT molecular complexity index is 749. The maximum absolute atomic E-state index is 11.4. The molecule has 0 aliphatic heterocycles. The second kappa shape index (κ2) is 6.17. The van der Waals surface area contributed by atoms with Crippen molar-refractivity contribution in [1.29, 1.82) is 0 Å². The molecule has 0 unspecified atom stereocenters. The van der Waals surface area contributed by atoms with Crippen molar-refractivity contribution in [3.8, 4) is 11.4 Å². The average Bonchev–Trinajstić information content (AvgIpc) is 3.24. The molecule has 0 radical (unpaired) electrons. The van der Waals surface area contributed by atoms with Crippen LogP contribution in [0.15, 0.2) is 41.4 Å². The van der Waals surface area contributed by atoms with E-state index in [0.717, 1.165) is 5.56 Å². The van der Waals surface area contributed by atoms with E-state index >= 15 is 0 Å². The van der Waals surface area contributed by atoms with Crippen LogP contribution in [-0.4, -0.2) is 38.0 Å². The van der Waals surface area contributed by atoms with Crippen molar-refractivity contribution >= 4 is 5.97 Å². The molecule has 8 heteroatoms. The molecular weight excluding hydrogens is 286 g/mol. The van der Waals surface area contributed by atoms with E-state index in [1.165, 1.54) is 13.4 Å². The first-order chi connectivity index (χ1) is 10.8. The van der Waals surface area contributed by atoms with E-state index in [0.29, 0.717) is 30.2 Å². The van der Waals surface area contributed by atoms with Crippen molar-refractivity contribution in [2.24, 2.45) is 0 Å². The van der Waals surface area contributed by atoms with Gasteiger partial charge in [-0.2, -0.15) is 10.1 Å². The van der Waals surface area contributed by atoms with Gasteiger partial charge in [-0.25, -0.2) is 9.78 Å². The molecule has 0 fully saturated rings. The number of aryl methyl sites for hydroxylation is 2. The van der Waals surface area contributed by atoms with Crippen LogP contribution in [0.4, 0.5) is 0 Å². The van der Waals surface area contributed by atoms with Crippen molar-refractivity contribution in [1.82, 2.24) is 24.9 Å². The SMILES string of the molecule is COC(=O)c1ccc(-c2noc(CCn3cncn3)n2)cc1. The van der Waals surface area contributed by atoms with E-state index in [-0.39, 0.29) is 5.97 Å². The molecule has 0 bridgehead atoms. The first-order valence-corrected chi connectivity index (χ1v) is 6.60. The molecular formula is C14H13N5O3. The van der Waals surface area contributed by atoms with E-state index in [2.05, 4.69) is 25.0 Å². The molecule has 0 aliphatic carbocycles. The average molecular weight is 299 g/mol. The Hall–Kier alpha value is -3.03. The van der Waals surface area contributed by atoms with Gasteiger partial charge in [0.05, 0.1) is 19.2 Å². The minimum atomic E-state index is -0.381. The standard InChI is InChI=1S/C14H13N5O3/c1-21-14(20)11-4-2-10(3-5-11)13-17-12(22-18-13)6-7-19-9-15-8-16-19/h2-5,8-9H,6-7H2,1H3. The second-order valence-corrected chi connectivity index (χ2v) is 4.49. The summed E-state index contributed by atoms with van der Waals surface area (Å²) < 4.78 is 11.5. The van der Waals surface area contributed by atoms with E-state index in [4.69, 9.17) is 4.52 Å². The summed E-state index contributed by atoms with van der Waals surface area (Å²) in [6.45, 7) is 0.614. The Morgan fingerprint density at radius 1 is 1.32 bits per heavy atom. The topological polar surface area (TPSA) is 95.9 Å². The molecule has 112 valence electrons. The first-order valence-electron chi connectivity index (χ1n) is 6.60. The Kier molecular flexibility index (Phi) is 3.90. The fourth-order valence-corrected chi connectivity index (χ4v) is 1.91. The molecule has 2 heterocycles. The molecule has 0 N–H and O–H groups in total. The summed E-state index contributed by atoms with van der Waals surface area (Å²) in [5, 5.41) is 7.94. The van der Waals surface area contributed by atoms with Crippen LogP contribution in [0.2, 0.25) is 0 Å². The number of rotatable bonds is 5. The zero-order chi connectivity index (χ0) is 15.4. The summed E-state index contributed by atoms with van der Waals surface area (Å²) >= 11 is 0. The van der Waals surface area contributed by atoms with Gasteiger partial charge in [-0.3, -0.25) is 4.68 Å². The van der Waals surface area contributed by atoms with Crippen LogP contribution in [0.5, 0.6) is 0 Å². The molecule has 1 aromatic carbocycles. The van der Waals surface area contributed by atoms with Gasteiger partial charge in [0.1, 0.15) is 12.7 Å². The number of benzene rings is 1. The molecule has 0 saturated heterocycles. The van der Waals surface area contributed by atoms with E-state index in [9.17, 15) is 4.79 Å². The maximum Gasteiger partial charge on any atom is 0.337 e. The van der Waals surface area contributed by atoms with Gasteiger partial charge in [0, 0.05) is 12.0 Å². The minimum absolute atomic E-state index is 0.381. The third-order valence-electron chi connectivity index (χ3n) is 3.05. The van der Waals surface area contributed by atoms with Gasteiger partial charge in [-0.1, -0.05) is 17.3 Å². The van der Waals surface area contributed by atoms with E-state index in [1.807, 2.05) is 0 Å². The Morgan fingerprint density at radius 3 is 2.82 bits per heavy atom. The van der Waals surface area contributed by atoms with Crippen LogP contribution >= 0.6 is 0 Å². The van der Waals surface area contributed by atoms with Crippen molar-refractivity contribution in [2.75, 3.05) is 7.11 Å². The van der Waals surface area contributed by atoms with Crippen LogP contribution in [0.1, 0.15) is 16.2 Å². The molecule has 3 aromatic rings. The van der Waals surface area contributed by atoms with E-state index < -0.39 is 0 Å². The van der Waals surface area contributed by atoms with Crippen molar-refractivity contribution < 1.29 is 14.1 Å². The summed E-state index contributed by atoms with van der Waals surface area (Å²) in [5.74, 6) is 0.612. The molecule has 2 aromatic heterocycles. The normalized spacial score (nSPS) is 10.6. The maximum atomic E-state index is 11.4. The lowest BCUT2D eigenvalue weighted by atomic mass is 10.1. The number of esters is 1. The molecule has 22 heavy (non-hydrogen) atoms. The largest absolute Gasteiger partial charge is 0.465 e. The summed E-state index contributed by atoms with van der Waals surface area (Å²) in [4.78, 5) is 19.6. The number of carbonyl (C=O) groups excluding carboxylic acids is 1. The summed E-state index contributed by atoms with van der Waals surface area (Å²) in [7, 11) is 1.34. The number of aromatic nitrogens is 5. The Labute approximate surface area is 125 Å². The summed E-state index contributed by atoms with van der Waals surface area (Å²) in [6.07, 6.45) is 3.67. The lowest BCUT2D eigenvalue weighted by Gasteiger charge is -1.99. The first kappa shape index (κ1) is 13.9.